The first-order chi connectivity index (χ1) is 23.6. The standard InChI is InChI=1S/C18H32N4O3.C14H18N4O4.C2H6/c1-3-4-5-7-10-22-18(24)16(13-20)15(12-19)17(21-22)25-11-8-6-9-14(2)23;1-9(22-10(2)19)5-3-4-6-21-14-12-8-16-15-7-11(12)13(20)17-18-14;1-2/h12-14,23H,3-11,19-20H2,1-2H3;7-9H,3-6H2,1-2H3,(H,17,20);1-2H3/b15-12+,16-13+;;. The number of fused-ring (bicyclic) bond motifs is 1. The fourth-order valence-electron chi connectivity index (χ4n) is 4.61. The smallest absolute Gasteiger partial charge is 0.302 e. The van der Waals surface area contributed by atoms with E-state index in [0.29, 0.717) is 52.7 Å². The number of hydrogen-bond donors (Lipinski definition) is 4. The summed E-state index contributed by atoms with van der Waals surface area (Å²) in [4.78, 5) is 34.8. The van der Waals surface area contributed by atoms with Crippen molar-refractivity contribution in [1.82, 2.24) is 30.2 Å². The van der Waals surface area contributed by atoms with E-state index in [-0.39, 0.29) is 29.3 Å². The largest absolute Gasteiger partial charge is 0.476 e. The number of nitrogens with one attached hydrogen (secondary N) is 1. The monoisotopic (exact) mass is 688 g/mol. The molecule has 0 fully saturated rings. The highest BCUT2D eigenvalue weighted by molar-refractivity contribution is 5.83. The Labute approximate surface area is 287 Å². The van der Waals surface area contributed by atoms with Gasteiger partial charge in [0.25, 0.3) is 11.1 Å². The van der Waals surface area contributed by atoms with Crippen molar-refractivity contribution in [3.05, 3.63) is 43.5 Å². The summed E-state index contributed by atoms with van der Waals surface area (Å²) >= 11 is 0. The summed E-state index contributed by atoms with van der Waals surface area (Å²) in [6.07, 6.45) is 14.0. The summed E-state index contributed by atoms with van der Waals surface area (Å²) in [6.45, 7) is 12.6. The van der Waals surface area contributed by atoms with E-state index in [9.17, 15) is 19.5 Å². The number of aliphatic hydroxyl groups excluding tert-OH is 1. The lowest BCUT2D eigenvalue weighted by atomic mass is 10.2. The molecule has 0 aromatic carbocycles. The Morgan fingerprint density at radius 3 is 2.10 bits per heavy atom. The lowest BCUT2D eigenvalue weighted by molar-refractivity contribution is -0.145. The zero-order valence-corrected chi connectivity index (χ0v) is 29.9. The predicted octanol–water partition coefficient (Wildman–Crippen LogP) is 2.39. The number of nitrogens with two attached hydrogens (primary N) is 2. The predicted molar refractivity (Wildman–Crippen MR) is 190 cm³/mol. The summed E-state index contributed by atoms with van der Waals surface area (Å²) < 4.78 is 17.8. The molecule has 15 nitrogen and oxygen atoms in total. The lowest BCUT2D eigenvalue weighted by Crippen LogP contribution is -2.48. The molecule has 0 aliphatic rings. The van der Waals surface area contributed by atoms with Crippen LogP contribution < -0.4 is 42.5 Å². The quantitative estimate of drug-likeness (QED) is 0.111. The molecule has 3 aromatic rings. The van der Waals surface area contributed by atoms with Gasteiger partial charge in [0.15, 0.2) is 0 Å². The highest BCUT2D eigenvalue weighted by atomic mass is 16.5. The maximum Gasteiger partial charge on any atom is 0.302 e. The molecule has 0 aliphatic heterocycles. The second-order valence-electron chi connectivity index (χ2n) is 11.2. The van der Waals surface area contributed by atoms with Gasteiger partial charge in [0.1, 0.15) is 0 Å². The second kappa shape index (κ2) is 24.6. The van der Waals surface area contributed by atoms with Crippen LogP contribution in [0.1, 0.15) is 106 Å². The number of aromatic amines is 1. The van der Waals surface area contributed by atoms with Gasteiger partial charge in [0, 0.05) is 25.9 Å². The van der Waals surface area contributed by atoms with Crippen molar-refractivity contribution in [3.63, 3.8) is 0 Å². The minimum atomic E-state index is -0.326. The summed E-state index contributed by atoms with van der Waals surface area (Å²) in [7, 11) is 0. The van der Waals surface area contributed by atoms with Gasteiger partial charge in [0.05, 0.1) is 59.0 Å². The molecule has 3 aromatic heterocycles. The molecule has 0 amide bonds. The summed E-state index contributed by atoms with van der Waals surface area (Å²) in [5, 5.41) is 28.9. The Hall–Kier alpha value is -4.53. The van der Waals surface area contributed by atoms with Crippen LogP contribution in [-0.4, -0.2) is 66.7 Å². The van der Waals surface area contributed by atoms with E-state index in [1.165, 1.54) is 36.4 Å². The van der Waals surface area contributed by atoms with Crippen LogP contribution in [0.25, 0.3) is 23.2 Å². The second-order valence-corrected chi connectivity index (χ2v) is 11.2. The van der Waals surface area contributed by atoms with Crippen LogP contribution in [0, 0.1) is 0 Å². The Balaban J connectivity index is 0.000000469. The minimum Gasteiger partial charge on any atom is -0.476 e. The topological polar surface area (TPSA) is 223 Å². The van der Waals surface area contributed by atoms with Gasteiger partial charge in [-0.2, -0.15) is 10.2 Å². The Bertz CT molecular complexity index is 1630. The van der Waals surface area contributed by atoms with E-state index in [4.69, 9.17) is 25.7 Å². The van der Waals surface area contributed by atoms with Gasteiger partial charge < -0.3 is 30.8 Å². The van der Waals surface area contributed by atoms with Gasteiger partial charge in [-0.05, 0) is 58.8 Å². The van der Waals surface area contributed by atoms with Crippen molar-refractivity contribution < 1.29 is 24.1 Å². The number of carbonyl (C=O) groups is 1. The Morgan fingerprint density at radius 2 is 1.51 bits per heavy atom. The van der Waals surface area contributed by atoms with E-state index in [2.05, 4.69) is 32.4 Å². The molecule has 3 rings (SSSR count). The Kier molecular flexibility index (Phi) is 21.3. The van der Waals surface area contributed by atoms with E-state index in [0.717, 1.165) is 64.2 Å². The van der Waals surface area contributed by atoms with E-state index < -0.39 is 0 Å². The molecular weight excluding hydrogens is 632 g/mol. The van der Waals surface area contributed by atoms with Crippen LogP contribution in [0.2, 0.25) is 0 Å². The van der Waals surface area contributed by atoms with Gasteiger partial charge >= 0.3 is 5.97 Å². The maximum absolute atomic E-state index is 12.5. The summed E-state index contributed by atoms with van der Waals surface area (Å²) in [5.41, 5.74) is 10.7. The number of carbonyl (C=O) groups excluding carboxylic acids is 1. The van der Waals surface area contributed by atoms with Crippen molar-refractivity contribution in [2.24, 2.45) is 11.5 Å². The number of ether oxygens (including phenoxy) is 3. The fourth-order valence-corrected chi connectivity index (χ4v) is 4.61. The molecule has 2 unspecified atom stereocenters. The normalized spacial score (nSPS) is 12.7. The minimum absolute atomic E-state index is 0.0974. The molecule has 0 saturated heterocycles. The zero-order chi connectivity index (χ0) is 36.6. The van der Waals surface area contributed by atoms with Crippen molar-refractivity contribution in [2.45, 2.75) is 125 Å². The molecule has 0 spiro atoms. The molecule has 6 N–H and O–H groups in total. The SMILES string of the molecule is CC.CC(=O)OC(C)CCCCOc1n[nH]c(=O)c2cnncc12.CCCCCCn1nc(OCCCCC(C)O)c(=C/N)/c(=C\N)c1=O. The average Bonchev–Trinajstić information content (AvgIpc) is 3.09. The van der Waals surface area contributed by atoms with Crippen molar-refractivity contribution in [3.8, 4) is 11.8 Å². The maximum atomic E-state index is 12.5. The number of aryl methyl sites for hydroxylation is 1. The number of hydrogen-bond acceptors (Lipinski definition) is 13. The Morgan fingerprint density at radius 1 is 0.898 bits per heavy atom. The molecule has 274 valence electrons. The lowest BCUT2D eigenvalue weighted by Gasteiger charge is -2.11. The van der Waals surface area contributed by atoms with E-state index >= 15 is 0 Å². The molecule has 49 heavy (non-hydrogen) atoms. The van der Waals surface area contributed by atoms with Crippen LogP contribution >= 0.6 is 0 Å². The molecular formula is C34H56N8O7. The van der Waals surface area contributed by atoms with Gasteiger partial charge in [-0.3, -0.25) is 14.4 Å². The summed E-state index contributed by atoms with van der Waals surface area (Å²) in [6, 6.07) is 0. The fraction of sp³-hybridized carbons (Fsp3) is 0.618. The highest BCUT2D eigenvalue weighted by Gasteiger charge is 2.10. The van der Waals surface area contributed by atoms with Crippen molar-refractivity contribution >= 4 is 29.1 Å². The third-order valence-corrected chi connectivity index (χ3v) is 7.08. The molecule has 0 bridgehead atoms. The third-order valence-electron chi connectivity index (χ3n) is 7.08. The average molecular weight is 689 g/mol. The first kappa shape index (κ1) is 42.5. The van der Waals surface area contributed by atoms with Crippen LogP contribution in [0.5, 0.6) is 11.8 Å². The van der Waals surface area contributed by atoms with E-state index in [1.54, 1.807) is 6.92 Å². The number of unbranched alkanes of at least 4 members (excludes halogenated alkanes) is 5. The summed E-state index contributed by atoms with van der Waals surface area (Å²) in [5.74, 6) is 0.387. The molecule has 0 aliphatic carbocycles. The molecule has 0 saturated carbocycles. The number of nitrogens with zero attached hydrogens (tertiary/aromatic N) is 5. The van der Waals surface area contributed by atoms with Crippen LogP contribution in [-0.2, 0) is 16.1 Å². The number of esters is 1. The first-order valence-corrected chi connectivity index (χ1v) is 17.2. The van der Waals surface area contributed by atoms with Gasteiger partial charge in [-0.15, -0.1) is 10.2 Å². The number of aliphatic hydroxyl groups is 1. The van der Waals surface area contributed by atoms with Gasteiger partial charge in [-0.1, -0.05) is 40.0 Å². The molecule has 3 heterocycles. The van der Waals surface area contributed by atoms with Crippen LogP contribution in [0.3, 0.4) is 0 Å². The van der Waals surface area contributed by atoms with E-state index in [1.807, 2.05) is 20.8 Å². The van der Waals surface area contributed by atoms with Gasteiger partial charge in [-0.25, -0.2) is 9.78 Å². The van der Waals surface area contributed by atoms with Crippen molar-refractivity contribution in [2.75, 3.05) is 13.2 Å². The first-order valence-electron chi connectivity index (χ1n) is 17.2. The zero-order valence-electron chi connectivity index (χ0n) is 29.9. The molecule has 2 atom stereocenters. The number of aromatic nitrogens is 6. The van der Waals surface area contributed by atoms with Crippen molar-refractivity contribution in [1.29, 1.82) is 0 Å². The molecule has 15 heteroatoms. The number of H-pyrrole nitrogens is 1. The van der Waals surface area contributed by atoms with Crippen LogP contribution in [0.15, 0.2) is 22.0 Å². The van der Waals surface area contributed by atoms with Gasteiger partial charge in [0.2, 0.25) is 11.8 Å². The number of rotatable bonds is 18. The molecule has 0 radical (unpaired) electrons. The third kappa shape index (κ3) is 15.5. The highest BCUT2D eigenvalue weighted by Crippen LogP contribution is 2.17. The van der Waals surface area contributed by atoms with Crippen LogP contribution in [0.4, 0.5) is 0 Å².